The van der Waals surface area contributed by atoms with Crippen LogP contribution in [0.5, 0.6) is 0 Å². The Labute approximate surface area is 264 Å². The lowest BCUT2D eigenvalue weighted by atomic mass is 9.88. The predicted molar refractivity (Wildman–Crippen MR) is 171 cm³/mol. The van der Waals surface area contributed by atoms with E-state index in [0.717, 1.165) is 46.5 Å². The van der Waals surface area contributed by atoms with Crippen LogP contribution in [0.4, 0.5) is 0 Å². The average molecular weight is 617 g/mol. The number of nitrogens with zero attached hydrogens (tertiary/aromatic N) is 4. The Hall–Kier alpha value is -3.70. The second-order valence-electron chi connectivity index (χ2n) is 12.2. The van der Waals surface area contributed by atoms with E-state index < -0.39 is 17.5 Å². The largest absolute Gasteiger partial charge is 0.478 e. The first kappa shape index (κ1) is 32.7. The zero-order valence-electron chi connectivity index (χ0n) is 27.1. The van der Waals surface area contributed by atoms with Gasteiger partial charge in [-0.05, 0) is 49.4 Å². The molecule has 1 N–H and O–H groups in total. The maximum atomic E-state index is 11.9. The molecule has 0 unspecified atom stereocenters. The summed E-state index contributed by atoms with van der Waals surface area (Å²) in [5.74, 6) is -1.42. The highest BCUT2D eigenvalue weighted by molar-refractivity contribution is 5.96. The van der Waals surface area contributed by atoms with Crippen molar-refractivity contribution in [2.45, 2.75) is 82.8 Å². The summed E-state index contributed by atoms with van der Waals surface area (Å²) in [6, 6.07) is 15.2. The summed E-state index contributed by atoms with van der Waals surface area (Å²) in [4.78, 5) is 17.2. The van der Waals surface area contributed by atoms with Crippen molar-refractivity contribution in [1.82, 2.24) is 19.7 Å². The second kappa shape index (κ2) is 13.7. The van der Waals surface area contributed by atoms with Crippen LogP contribution in [-0.2, 0) is 38.3 Å². The van der Waals surface area contributed by atoms with Crippen LogP contribution in [0, 0.1) is 0 Å². The molecule has 0 saturated heterocycles. The van der Waals surface area contributed by atoms with Crippen LogP contribution in [0.3, 0.4) is 0 Å². The van der Waals surface area contributed by atoms with Gasteiger partial charge in [0, 0.05) is 53.7 Å². The Kier molecular flexibility index (Phi) is 9.98. The van der Waals surface area contributed by atoms with Crippen molar-refractivity contribution < 1.29 is 28.8 Å². The van der Waals surface area contributed by atoms with Crippen LogP contribution in [0.1, 0.15) is 85.0 Å². The van der Waals surface area contributed by atoms with Crippen LogP contribution in [0.25, 0.3) is 22.2 Å². The lowest BCUT2D eigenvalue weighted by Crippen LogP contribution is -2.34. The highest BCUT2D eigenvalue weighted by Gasteiger charge is 2.33. The SMILES string of the molecule is COC(C)(Cc1nnc(CC(C)(OC)OC)c2c1nc(C1CCCCC1)n2Cc1ccc(-c2ccccc2C(=O)O)cc1)OC. The first-order chi connectivity index (χ1) is 21.6. The molecule has 4 aromatic rings. The minimum atomic E-state index is -0.946. The zero-order valence-corrected chi connectivity index (χ0v) is 27.1. The number of carboxylic acid groups (broad SMARTS) is 1. The van der Waals surface area contributed by atoms with Gasteiger partial charge in [-0.15, -0.1) is 0 Å². The molecule has 0 radical (unpaired) electrons. The van der Waals surface area contributed by atoms with E-state index >= 15 is 0 Å². The third-order valence-corrected chi connectivity index (χ3v) is 9.27. The van der Waals surface area contributed by atoms with Gasteiger partial charge >= 0.3 is 5.97 Å². The van der Waals surface area contributed by atoms with Gasteiger partial charge in [-0.1, -0.05) is 61.7 Å². The zero-order chi connectivity index (χ0) is 32.2. The van der Waals surface area contributed by atoms with E-state index in [-0.39, 0.29) is 5.56 Å². The van der Waals surface area contributed by atoms with Gasteiger partial charge in [-0.25, -0.2) is 9.78 Å². The number of aromatic nitrogens is 4. The van der Waals surface area contributed by atoms with Crippen LogP contribution < -0.4 is 0 Å². The van der Waals surface area contributed by atoms with Gasteiger partial charge in [0.25, 0.3) is 0 Å². The van der Waals surface area contributed by atoms with E-state index in [1.807, 2.05) is 38.1 Å². The lowest BCUT2D eigenvalue weighted by Gasteiger charge is -2.27. The third-order valence-electron chi connectivity index (χ3n) is 9.27. The molecule has 0 aliphatic heterocycles. The maximum Gasteiger partial charge on any atom is 0.336 e. The monoisotopic (exact) mass is 616 g/mol. The van der Waals surface area contributed by atoms with Crippen molar-refractivity contribution >= 4 is 17.0 Å². The van der Waals surface area contributed by atoms with Gasteiger partial charge in [-0.3, -0.25) is 0 Å². The maximum absolute atomic E-state index is 11.9. The molecule has 1 fully saturated rings. The van der Waals surface area contributed by atoms with E-state index in [9.17, 15) is 9.90 Å². The van der Waals surface area contributed by atoms with E-state index in [1.54, 1.807) is 40.6 Å². The Balaban J connectivity index is 1.66. The fourth-order valence-corrected chi connectivity index (χ4v) is 6.21. The molecule has 45 heavy (non-hydrogen) atoms. The molecule has 0 bridgehead atoms. The molecule has 240 valence electrons. The molecule has 10 heteroatoms. The lowest BCUT2D eigenvalue weighted by molar-refractivity contribution is -0.193. The summed E-state index contributed by atoms with van der Waals surface area (Å²) in [7, 11) is 6.49. The predicted octanol–water partition coefficient (Wildman–Crippen LogP) is 6.39. The Bertz CT molecular complexity index is 1620. The van der Waals surface area contributed by atoms with Gasteiger partial charge in [0.15, 0.2) is 11.6 Å². The molecule has 10 nitrogen and oxygen atoms in total. The molecule has 0 amide bonds. The van der Waals surface area contributed by atoms with Crippen LogP contribution >= 0.6 is 0 Å². The molecular formula is C35H44N4O6. The highest BCUT2D eigenvalue weighted by Crippen LogP contribution is 2.37. The van der Waals surface area contributed by atoms with Crippen molar-refractivity contribution in [3.05, 3.63) is 76.9 Å². The molecule has 2 aromatic carbocycles. The molecule has 0 atom stereocenters. The summed E-state index contributed by atoms with van der Waals surface area (Å²) in [5, 5.41) is 19.1. The number of fused-ring (bicyclic) bond motifs is 1. The molecular weight excluding hydrogens is 572 g/mol. The number of imidazole rings is 1. The summed E-state index contributed by atoms with van der Waals surface area (Å²) in [5.41, 5.74) is 5.99. The first-order valence-electron chi connectivity index (χ1n) is 15.5. The average Bonchev–Trinajstić information content (AvgIpc) is 3.46. The molecule has 0 spiro atoms. The van der Waals surface area contributed by atoms with Crippen LogP contribution in [0.2, 0.25) is 0 Å². The van der Waals surface area contributed by atoms with Crippen LogP contribution in [-0.4, -0.2) is 70.8 Å². The van der Waals surface area contributed by atoms with Gasteiger partial charge in [0.1, 0.15) is 11.3 Å². The van der Waals surface area contributed by atoms with Crippen molar-refractivity contribution in [3.63, 3.8) is 0 Å². The van der Waals surface area contributed by atoms with Crippen molar-refractivity contribution in [1.29, 1.82) is 0 Å². The summed E-state index contributed by atoms with van der Waals surface area (Å²) >= 11 is 0. The number of methoxy groups -OCH3 is 4. The first-order valence-corrected chi connectivity index (χ1v) is 15.5. The summed E-state index contributed by atoms with van der Waals surface area (Å²) in [6.45, 7) is 4.33. The molecule has 1 aliphatic rings. The van der Waals surface area contributed by atoms with E-state index in [2.05, 4.69) is 21.8 Å². The topological polar surface area (TPSA) is 118 Å². The Morgan fingerprint density at radius 3 is 2.02 bits per heavy atom. The smallest absolute Gasteiger partial charge is 0.336 e. The summed E-state index contributed by atoms with van der Waals surface area (Å²) < 4.78 is 25.2. The van der Waals surface area contributed by atoms with E-state index in [1.165, 1.54) is 19.3 Å². The minimum absolute atomic E-state index is 0.277. The number of carbonyl (C=O) groups is 1. The molecule has 1 aliphatic carbocycles. The van der Waals surface area contributed by atoms with Crippen molar-refractivity contribution in [2.24, 2.45) is 0 Å². The minimum Gasteiger partial charge on any atom is -0.478 e. The summed E-state index contributed by atoms with van der Waals surface area (Å²) in [6.07, 6.45) is 6.45. The van der Waals surface area contributed by atoms with Gasteiger partial charge < -0.3 is 28.6 Å². The standard InChI is InChI=1S/C35H44N4O6/c1-34(42-3,43-4)20-28-30-31(29(38-37-28)21-35(2,44-5)45-6)39(32(36-30)25-12-8-7-9-13-25)22-23-16-18-24(19-17-23)26-14-10-11-15-27(26)33(40)41/h10-11,14-19,25H,7-9,12-13,20-22H2,1-6H3,(H,40,41). The van der Waals surface area contributed by atoms with E-state index in [4.69, 9.17) is 29.0 Å². The van der Waals surface area contributed by atoms with Gasteiger partial charge in [0.2, 0.25) is 0 Å². The number of hydrogen-bond acceptors (Lipinski definition) is 8. The Morgan fingerprint density at radius 2 is 1.42 bits per heavy atom. The number of rotatable bonds is 13. The molecule has 1 saturated carbocycles. The number of carboxylic acids is 1. The quantitative estimate of drug-likeness (QED) is 0.171. The molecule has 2 aromatic heterocycles. The fourth-order valence-electron chi connectivity index (χ4n) is 6.21. The normalized spacial score (nSPS) is 14.7. The number of hydrogen-bond donors (Lipinski definition) is 1. The van der Waals surface area contributed by atoms with Gasteiger partial charge in [-0.2, -0.15) is 10.2 Å². The van der Waals surface area contributed by atoms with E-state index in [0.29, 0.717) is 36.6 Å². The number of aromatic carboxylic acids is 1. The van der Waals surface area contributed by atoms with Crippen molar-refractivity contribution in [3.8, 4) is 11.1 Å². The Morgan fingerprint density at radius 1 is 0.844 bits per heavy atom. The second-order valence-corrected chi connectivity index (χ2v) is 12.2. The molecule has 2 heterocycles. The van der Waals surface area contributed by atoms with Gasteiger partial charge in [0.05, 0.1) is 22.5 Å². The number of ether oxygens (including phenoxy) is 4. The molecule has 5 rings (SSSR count). The third kappa shape index (κ3) is 6.94. The highest BCUT2D eigenvalue weighted by atomic mass is 16.7. The van der Waals surface area contributed by atoms with Crippen molar-refractivity contribution in [2.75, 3.05) is 28.4 Å². The fraction of sp³-hybridized carbons (Fsp3) is 0.486. The van der Waals surface area contributed by atoms with Crippen LogP contribution in [0.15, 0.2) is 48.5 Å². The number of benzene rings is 2.